The third-order valence-electron chi connectivity index (χ3n) is 2.71. The number of anilines is 2. The van der Waals surface area contributed by atoms with Crippen LogP contribution >= 0.6 is 27.5 Å². The van der Waals surface area contributed by atoms with Gasteiger partial charge in [0.05, 0.1) is 10.4 Å². The van der Waals surface area contributed by atoms with Crippen LogP contribution in [0, 0.1) is 5.82 Å². The maximum Gasteiger partial charge on any atom is 0.255 e. The number of hydrogen-bond acceptors (Lipinski definition) is 2. The molecule has 114 valence electrons. The van der Waals surface area contributed by atoms with Gasteiger partial charge >= 0.3 is 0 Å². The number of alkyl halides is 1. The molecule has 2 amide bonds. The molecule has 7 heteroatoms. The number of benzene rings is 2. The predicted octanol–water partition coefficient (Wildman–Crippen LogP) is 4.06. The van der Waals surface area contributed by atoms with Gasteiger partial charge in [-0.25, -0.2) is 4.39 Å². The van der Waals surface area contributed by atoms with Gasteiger partial charge in [-0.15, -0.1) is 0 Å². The lowest BCUT2D eigenvalue weighted by Crippen LogP contribution is -2.15. The van der Waals surface area contributed by atoms with Gasteiger partial charge in [-0.05, 0) is 36.4 Å². The van der Waals surface area contributed by atoms with Crippen LogP contribution in [0.4, 0.5) is 15.8 Å². The minimum absolute atomic E-state index is 0.0730. The first kappa shape index (κ1) is 16.5. The van der Waals surface area contributed by atoms with Gasteiger partial charge in [-0.2, -0.15) is 0 Å². The highest BCUT2D eigenvalue weighted by molar-refractivity contribution is 9.09. The SMILES string of the molecule is O=C(CBr)Nc1cccc(C(=O)Nc2ccc(F)c(Cl)c2)c1. The van der Waals surface area contributed by atoms with E-state index in [1.807, 2.05) is 0 Å². The fraction of sp³-hybridized carbons (Fsp3) is 0.0667. The monoisotopic (exact) mass is 384 g/mol. The van der Waals surface area contributed by atoms with E-state index < -0.39 is 11.7 Å². The second-order valence-corrected chi connectivity index (χ2v) is 5.31. The van der Waals surface area contributed by atoms with E-state index in [1.54, 1.807) is 24.3 Å². The van der Waals surface area contributed by atoms with E-state index in [1.165, 1.54) is 18.2 Å². The molecule has 0 saturated carbocycles. The maximum atomic E-state index is 13.1. The molecule has 0 atom stereocenters. The fourth-order valence-electron chi connectivity index (χ4n) is 1.71. The first-order valence-corrected chi connectivity index (χ1v) is 7.72. The molecule has 0 bridgehead atoms. The number of nitrogens with one attached hydrogen (secondary N) is 2. The van der Waals surface area contributed by atoms with Gasteiger partial charge in [-0.3, -0.25) is 9.59 Å². The molecule has 22 heavy (non-hydrogen) atoms. The largest absolute Gasteiger partial charge is 0.325 e. The Morgan fingerprint density at radius 1 is 1.09 bits per heavy atom. The third-order valence-corrected chi connectivity index (χ3v) is 3.51. The predicted molar refractivity (Wildman–Crippen MR) is 88.2 cm³/mol. The number of halogens is 3. The zero-order valence-corrected chi connectivity index (χ0v) is 13.5. The molecular weight excluding hydrogens is 375 g/mol. The molecule has 2 aromatic rings. The number of carbonyl (C=O) groups excluding carboxylic acids is 2. The first-order valence-electron chi connectivity index (χ1n) is 6.22. The lowest BCUT2D eigenvalue weighted by atomic mass is 10.2. The van der Waals surface area contributed by atoms with Crippen LogP contribution in [0.25, 0.3) is 0 Å². The average Bonchev–Trinajstić information content (AvgIpc) is 2.51. The quantitative estimate of drug-likeness (QED) is 0.780. The summed E-state index contributed by atoms with van der Waals surface area (Å²) < 4.78 is 13.1. The van der Waals surface area contributed by atoms with Gasteiger partial charge in [0.15, 0.2) is 0 Å². The molecule has 2 rings (SSSR count). The Morgan fingerprint density at radius 3 is 2.50 bits per heavy atom. The van der Waals surface area contributed by atoms with Crippen LogP contribution < -0.4 is 10.6 Å². The summed E-state index contributed by atoms with van der Waals surface area (Å²) in [5, 5.41) is 5.33. The molecule has 0 aliphatic heterocycles. The molecular formula is C15H11BrClFN2O2. The highest BCUT2D eigenvalue weighted by atomic mass is 79.9. The highest BCUT2D eigenvalue weighted by Gasteiger charge is 2.09. The van der Waals surface area contributed by atoms with Crippen molar-refractivity contribution in [3.63, 3.8) is 0 Å². The molecule has 2 aromatic carbocycles. The number of amides is 2. The Labute approximate surface area is 139 Å². The van der Waals surface area contributed by atoms with Crippen LogP contribution in [-0.4, -0.2) is 17.1 Å². The summed E-state index contributed by atoms with van der Waals surface area (Å²) in [5.74, 6) is -1.17. The molecule has 0 heterocycles. The van der Waals surface area contributed by atoms with E-state index in [-0.39, 0.29) is 16.3 Å². The summed E-state index contributed by atoms with van der Waals surface area (Å²) in [6.07, 6.45) is 0. The van der Waals surface area contributed by atoms with E-state index in [9.17, 15) is 14.0 Å². The summed E-state index contributed by atoms with van der Waals surface area (Å²) in [5.41, 5.74) is 1.24. The Balaban J connectivity index is 2.13. The van der Waals surface area contributed by atoms with E-state index in [4.69, 9.17) is 11.6 Å². The molecule has 0 aliphatic carbocycles. The Bertz CT molecular complexity index is 724. The van der Waals surface area contributed by atoms with Crippen molar-refractivity contribution in [2.75, 3.05) is 16.0 Å². The minimum Gasteiger partial charge on any atom is -0.325 e. The van der Waals surface area contributed by atoms with Crippen LogP contribution in [-0.2, 0) is 4.79 Å². The van der Waals surface area contributed by atoms with Crippen molar-refractivity contribution < 1.29 is 14.0 Å². The van der Waals surface area contributed by atoms with Gasteiger partial charge in [0.1, 0.15) is 5.82 Å². The zero-order chi connectivity index (χ0) is 16.1. The third kappa shape index (κ3) is 4.29. The van der Waals surface area contributed by atoms with E-state index >= 15 is 0 Å². The van der Waals surface area contributed by atoms with Gasteiger partial charge in [0.25, 0.3) is 5.91 Å². The summed E-state index contributed by atoms with van der Waals surface area (Å²) in [4.78, 5) is 23.5. The van der Waals surface area contributed by atoms with Gasteiger partial charge in [-0.1, -0.05) is 33.6 Å². The smallest absolute Gasteiger partial charge is 0.255 e. The van der Waals surface area contributed by atoms with Crippen molar-refractivity contribution >= 4 is 50.7 Å². The van der Waals surface area contributed by atoms with Crippen LogP contribution in [0.3, 0.4) is 0 Å². The summed E-state index contributed by atoms with van der Waals surface area (Å²) in [6.45, 7) is 0. The van der Waals surface area contributed by atoms with Gasteiger partial charge in [0, 0.05) is 16.9 Å². The molecule has 0 unspecified atom stereocenters. The average molecular weight is 386 g/mol. The molecule has 0 aliphatic rings. The molecule has 4 nitrogen and oxygen atoms in total. The second kappa shape index (κ2) is 7.38. The van der Waals surface area contributed by atoms with Crippen LogP contribution in [0.5, 0.6) is 0 Å². The molecule has 0 fully saturated rings. The topological polar surface area (TPSA) is 58.2 Å². The van der Waals surface area contributed by atoms with Crippen molar-refractivity contribution in [2.45, 2.75) is 0 Å². The molecule has 0 saturated heterocycles. The van der Waals surface area contributed by atoms with Gasteiger partial charge in [0.2, 0.25) is 5.91 Å². The maximum absolute atomic E-state index is 13.1. The summed E-state index contributed by atoms with van der Waals surface area (Å²) in [7, 11) is 0. The minimum atomic E-state index is -0.556. The van der Waals surface area contributed by atoms with E-state index in [0.717, 1.165) is 0 Å². The lowest BCUT2D eigenvalue weighted by molar-refractivity contribution is -0.113. The zero-order valence-electron chi connectivity index (χ0n) is 11.2. The second-order valence-electron chi connectivity index (χ2n) is 4.35. The highest BCUT2D eigenvalue weighted by Crippen LogP contribution is 2.20. The van der Waals surface area contributed by atoms with Crippen molar-refractivity contribution in [1.29, 1.82) is 0 Å². The number of carbonyl (C=O) groups is 2. The lowest BCUT2D eigenvalue weighted by Gasteiger charge is -2.08. The van der Waals surface area contributed by atoms with Crippen LogP contribution in [0.1, 0.15) is 10.4 Å². The Hall–Kier alpha value is -1.92. The van der Waals surface area contributed by atoms with Crippen molar-refractivity contribution in [2.24, 2.45) is 0 Å². The fourth-order valence-corrected chi connectivity index (χ4v) is 2.03. The number of hydrogen-bond donors (Lipinski definition) is 2. The van der Waals surface area contributed by atoms with Gasteiger partial charge < -0.3 is 10.6 Å². The standard InChI is InChI=1S/C15H11BrClFN2O2/c16-8-14(21)19-10-3-1-2-9(6-10)15(22)20-11-4-5-13(18)12(17)7-11/h1-7H,8H2,(H,19,21)(H,20,22). The van der Waals surface area contributed by atoms with Crippen molar-refractivity contribution in [1.82, 2.24) is 0 Å². The van der Waals surface area contributed by atoms with E-state index in [0.29, 0.717) is 16.9 Å². The first-order chi connectivity index (χ1) is 10.5. The van der Waals surface area contributed by atoms with E-state index in [2.05, 4.69) is 26.6 Å². The molecule has 0 aromatic heterocycles. The molecule has 0 spiro atoms. The van der Waals surface area contributed by atoms with Crippen molar-refractivity contribution in [3.05, 3.63) is 58.9 Å². The summed E-state index contributed by atoms with van der Waals surface area (Å²) >= 11 is 8.71. The number of rotatable bonds is 4. The molecule has 2 N–H and O–H groups in total. The van der Waals surface area contributed by atoms with Crippen LogP contribution in [0.2, 0.25) is 5.02 Å². The van der Waals surface area contributed by atoms with Crippen LogP contribution in [0.15, 0.2) is 42.5 Å². The summed E-state index contributed by atoms with van der Waals surface area (Å²) in [6, 6.07) is 10.4. The molecule has 0 radical (unpaired) electrons. The van der Waals surface area contributed by atoms with Crippen molar-refractivity contribution in [3.8, 4) is 0 Å². The Morgan fingerprint density at radius 2 is 1.82 bits per heavy atom. The normalized spacial score (nSPS) is 10.1. The Kier molecular flexibility index (Phi) is 5.51.